The average molecular weight is 291 g/mol. The number of anilines is 2. The zero-order valence-corrected chi connectivity index (χ0v) is 13.9. The molecule has 1 aliphatic heterocycles. The summed E-state index contributed by atoms with van der Waals surface area (Å²) in [6, 6.07) is 3.92. The first-order valence-corrected chi connectivity index (χ1v) is 8.09. The van der Waals surface area contributed by atoms with Gasteiger partial charge in [-0.2, -0.15) is 4.98 Å². The van der Waals surface area contributed by atoms with E-state index in [1.54, 1.807) is 0 Å². The molecule has 2 N–H and O–H groups in total. The summed E-state index contributed by atoms with van der Waals surface area (Å²) in [5.41, 5.74) is 6.32. The van der Waals surface area contributed by atoms with Crippen molar-refractivity contribution < 1.29 is 4.74 Å². The van der Waals surface area contributed by atoms with Crippen LogP contribution in [0.1, 0.15) is 53.4 Å². The number of rotatable bonds is 3. The molecular formula is C17H29N3O. The second kappa shape index (κ2) is 6.54. The highest BCUT2D eigenvalue weighted by Gasteiger charge is 2.20. The van der Waals surface area contributed by atoms with Gasteiger partial charge in [-0.15, -0.1) is 0 Å². The van der Waals surface area contributed by atoms with Crippen LogP contribution in [0, 0.1) is 5.92 Å². The highest BCUT2D eigenvalue weighted by Crippen LogP contribution is 2.29. The van der Waals surface area contributed by atoms with Crippen molar-refractivity contribution in [3.63, 3.8) is 0 Å². The van der Waals surface area contributed by atoms with E-state index in [4.69, 9.17) is 10.5 Å². The van der Waals surface area contributed by atoms with E-state index in [1.807, 2.05) is 32.9 Å². The fraction of sp³-hybridized carbons (Fsp3) is 0.706. The number of ether oxygens (including phenoxy) is 1. The van der Waals surface area contributed by atoms with Gasteiger partial charge < -0.3 is 15.4 Å². The van der Waals surface area contributed by atoms with Gasteiger partial charge in [-0.3, -0.25) is 0 Å². The van der Waals surface area contributed by atoms with Crippen molar-refractivity contribution in [2.75, 3.05) is 23.7 Å². The minimum Gasteiger partial charge on any atom is -0.470 e. The molecular weight excluding hydrogens is 262 g/mol. The van der Waals surface area contributed by atoms with Crippen LogP contribution >= 0.6 is 0 Å². The van der Waals surface area contributed by atoms with Crippen molar-refractivity contribution >= 4 is 11.5 Å². The van der Waals surface area contributed by atoms with Gasteiger partial charge in [-0.1, -0.05) is 13.3 Å². The Morgan fingerprint density at radius 1 is 1.29 bits per heavy atom. The standard InChI is InChI=1S/C17H29N3O/c1-5-13-7-6-11-20(12-10-13)15-9-8-14(18)16(19-15)21-17(2,3)4/h8-9,13H,5-7,10-12,18H2,1-4H3. The van der Waals surface area contributed by atoms with Gasteiger partial charge in [-0.25, -0.2) is 0 Å². The van der Waals surface area contributed by atoms with Crippen molar-refractivity contribution in [3.8, 4) is 5.88 Å². The fourth-order valence-corrected chi connectivity index (χ4v) is 2.79. The summed E-state index contributed by atoms with van der Waals surface area (Å²) < 4.78 is 5.87. The zero-order valence-electron chi connectivity index (χ0n) is 13.9. The van der Waals surface area contributed by atoms with Gasteiger partial charge in [0.25, 0.3) is 0 Å². The minimum absolute atomic E-state index is 0.286. The second-order valence-corrected chi connectivity index (χ2v) is 6.97. The molecule has 1 atom stereocenters. The Bertz CT molecular complexity index is 468. The summed E-state index contributed by atoms with van der Waals surface area (Å²) in [6.45, 7) is 10.5. The third-order valence-corrected chi connectivity index (χ3v) is 4.03. The molecule has 1 fully saturated rings. The Kier molecular flexibility index (Phi) is 4.96. The van der Waals surface area contributed by atoms with E-state index >= 15 is 0 Å². The van der Waals surface area contributed by atoms with Crippen molar-refractivity contribution in [2.24, 2.45) is 5.92 Å². The number of nitrogens with zero attached hydrogens (tertiary/aromatic N) is 2. The van der Waals surface area contributed by atoms with E-state index in [0.29, 0.717) is 11.6 Å². The summed E-state index contributed by atoms with van der Waals surface area (Å²) >= 11 is 0. The molecule has 1 saturated heterocycles. The van der Waals surface area contributed by atoms with Gasteiger partial charge in [0.1, 0.15) is 11.4 Å². The Balaban J connectivity index is 2.14. The molecule has 1 unspecified atom stereocenters. The van der Waals surface area contributed by atoms with Gasteiger partial charge >= 0.3 is 0 Å². The molecule has 2 rings (SSSR count). The predicted molar refractivity (Wildman–Crippen MR) is 88.9 cm³/mol. The minimum atomic E-state index is -0.286. The molecule has 0 saturated carbocycles. The maximum Gasteiger partial charge on any atom is 0.239 e. The zero-order chi connectivity index (χ0) is 15.5. The van der Waals surface area contributed by atoms with Crippen LogP contribution in [0.15, 0.2) is 12.1 Å². The number of pyridine rings is 1. The lowest BCUT2D eigenvalue weighted by Crippen LogP contribution is -2.27. The number of aromatic nitrogens is 1. The average Bonchev–Trinajstić information content (AvgIpc) is 2.65. The highest BCUT2D eigenvalue weighted by molar-refractivity contribution is 5.54. The number of nitrogens with two attached hydrogens (primary N) is 1. The normalized spacial score (nSPS) is 20.2. The molecule has 118 valence electrons. The van der Waals surface area contributed by atoms with Crippen molar-refractivity contribution in [2.45, 2.75) is 59.0 Å². The maximum atomic E-state index is 5.99. The van der Waals surface area contributed by atoms with Gasteiger partial charge in [0.15, 0.2) is 0 Å². The molecule has 0 bridgehead atoms. The molecule has 21 heavy (non-hydrogen) atoms. The molecule has 0 amide bonds. The first-order valence-electron chi connectivity index (χ1n) is 8.09. The highest BCUT2D eigenvalue weighted by atomic mass is 16.5. The SMILES string of the molecule is CCC1CCCN(c2ccc(N)c(OC(C)(C)C)n2)CC1. The molecule has 4 nitrogen and oxygen atoms in total. The van der Waals surface area contributed by atoms with Crippen LogP contribution in [0.4, 0.5) is 11.5 Å². The lowest BCUT2D eigenvalue weighted by molar-refractivity contribution is 0.125. The number of nitrogen functional groups attached to an aromatic ring is 1. The lowest BCUT2D eigenvalue weighted by Gasteiger charge is -2.25. The Morgan fingerprint density at radius 2 is 2.05 bits per heavy atom. The number of hydrogen-bond acceptors (Lipinski definition) is 4. The van der Waals surface area contributed by atoms with Crippen molar-refractivity contribution in [3.05, 3.63) is 12.1 Å². The van der Waals surface area contributed by atoms with E-state index < -0.39 is 0 Å². The number of hydrogen-bond donors (Lipinski definition) is 1. The van der Waals surface area contributed by atoms with Crippen LogP contribution in [0.25, 0.3) is 0 Å². The fourth-order valence-electron chi connectivity index (χ4n) is 2.79. The summed E-state index contributed by atoms with van der Waals surface area (Å²) in [4.78, 5) is 7.02. The van der Waals surface area contributed by atoms with Crippen LogP contribution in [0.2, 0.25) is 0 Å². The van der Waals surface area contributed by atoms with Crippen LogP contribution in [0.5, 0.6) is 5.88 Å². The summed E-state index contributed by atoms with van der Waals surface area (Å²) in [6.07, 6.45) is 5.09. The molecule has 4 heteroatoms. The molecule has 1 aliphatic rings. The van der Waals surface area contributed by atoms with E-state index in [2.05, 4.69) is 16.8 Å². The second-order valence-electron chi connectivity index (χ2n) is 6.97. The van der Waals surface area contributed by atoms with E-state index in [1.165, 1.54) is 25.7 Å². The van der Waals surface area contributed by atoms with Crippen LogP contribution in [-0.4, -0.2) is 23.7 Å². The lowest BCUT2D eigenvalue weighted by atomic mass is 9.98. The molecule has 0 aromatic carbocycles. The third kappa shape index (κ3) is 4.51. The van der Waals surface area contributed by atoms with Crippen molar-refractivity contribution in [1.82, 2.24) is 4.98 Å². The van der Waals surface area contributed by atoms with Crippen LogP contribution in [0.3, 0.4) is 0 Å². The topological polar surface area (TPSA) is 51.4 Å². The summed E-state index contributed by atoms with van der Waals surface area (Å²) in [5.74, 6) is 2.39. The van der Waals surface area contributed by atoms with Gasteiger partial charge in [0.2, 0.25) is 5.88 Å². The van der Waals surface area contributed by atoms with Crippen LogP contribution in [-0.2, 0) is 0 Å². The Morgan fingerprint density at radius 3 is 2.71 bits per heavy atom. The largest absolute Gasteiger partial charge is 0.470 e. The molecule has 1 aromatic rings. The summed E-state index contributed by atoms with van der Waals surface area (Å²) in [7, 11) is 0. The van der Waals surface area contributed by atoms with E-state index in [0.717, 1.165) is 24.8 Å². The molecule has 1 aromatic heterocycles. The van der Waals surface area contributed by atoms with E-state index in [-0.39, 0.29) is 5.60 Å². The van der Waals surface area contributed by atoms with E-state index in [9.17, 15) is 0 Å². The van der Waals surface area contributed by atoms with Gasteiger partial charge in [-0.05, 0) is 58.1 Å². The van der Waals surface area contributed by atoms with Crippen LogP contribution < -0.4 is 15.4 Å². The quantitative estimate of drug-likeness (QED) is 0.919. The molecule has 2 heterocycles. The maximum absolute atomic E-state index is 5.99. The third-order valence-electron chi connectivity index (χ3n) is 4.03. The Hall–Kier alpha value is -1.45. The summed E-state index contributed by atoms with van der Waals surface area (Å²) in [5, 5.41) is 0. The molecule has 0 spiro atoms. The molecule has 0 radical (unpaired) electrons. The first kappa shape index (κ1) is 15.9. The monoisotopic (exact) mass is 291 g/mol. The molecule has 0 aliphatic carbocycles. The Labute approximate surface area is 128 Å². The first-order chi connectivity index (χ1) is 9.89. The predicted octanol–water partition coefficient (Wildman–Crippen LogP) is 3.86. The van der Waals surface area contributed by atoms with Gasteiger partial charge in [0, 0.05) is 13.1 Å². The van der Waals surface area contributed by atoms with Gasteiger partial charge in [0.05, 0.1) is 5.69 Å². The van der Waals surface area contributed by atoms with Crippen molar-refractivity contribution in [1.29, 1.82) is 0 Å². The smallest absolute Gasteiger partial charge is 0.239 e.